The minimum Gasteiger partial charge on any atom is -0.449 e. The van der Waals surface area contributed by atoms with Crippen LogP contribution >= 0.6 is 0 Å². The smallest absolute Gasteiger partial charge is 0.435 e. The van der Waals surface area contributed by atoms with Gasteiger partial charge in [-0.1, -0.05) is 0 Å². The van der Waals surface area contributed by atoms with Gasteiger partial charge in [0.15, 0.2) is 11.8 Å². The highest BCUT2D eigenvalue weighted by Gasteiger charge is 2.33. The molecule has 1 atom stereocenters. The number of hydrogen-bond donors (Lipinski definition) is 1. The fourth-order valence-electron chi connectivity index (χ4n) is 1.66. The number of benzene rings is 1. The second-order valence-corrected chi connectivity index (χ2v) is 4.64. The molecule has 0 aliphatic rings. The van der Waals surface area contributed by atoms with Crippen LogP contribution < -0.4 is 5.73 Å². The van der Waals surface area contributed by atoms with Gasteiger partial charge in [0.2, 0.25) is 0 Å². The van der Waals surface area contributed by atoms with Crippen LogP contribution in [0.1, 0.15) is 23.0 Å². The molecule has 0 unspecified atom stereocenters. The molecule has 23 heavy (non-hydrogen) atoms. The molecule has 1 aromatic carbocycles. The summed E-state index contributed by atoms with van der Waals surface area (Å²) < 4.78 is 43.3. The van der Waals surface area contributed by atoms with E-state index in [1.54, 1.807) is 0 Å². The standard InChI is InChI=1S/C14H12F3N3O3/c1-8(12(18)21)23-13(22)9-2-4-10(5-3-9)20-7-6-11(19-20)14(15,16)17/h2-8H,1H3,(H2,18,21)/t8-/m0/s1. The molecular formula is C14H12F3N3O3. The van der Waals surface area contributed by atoms with E-state index in [-0.39, 0.29) is 5.56 Å². The number of amides is 1. The van der Waals surface area contributed by atoms with Crippen molar-refractivity contribution >= 4 is 11.9 Å². The Balaban J connectivity index is 2.15. The molecule has 0 bridgehead atoms. The maximum atomic E-state index is 12.5. The normalized spacial score (nSPS) is 12.7. The number of alkyl halides is 3. The van der Waals surface area contributed by atoms with Crippen LogP contribution in [0, 0.1) is 0 Å². The Morgan fingerprint density at radius 3 is 2.30 bits per heavy atom. The van der Waals surface area contributed by atoms with Crippen LogP contribution in [-0.2, 0) is 15.7 Å². The SMILES string of the molecule is C[C@H](OC(=O)c1ccc(-n2ccc(C(F)(F)F)n2)cc1)C(N)=O. The molecule has 1 amide bonds. The van der Waals surface area contributed by atoms with Crippen LogP contribution in [0.15, 0.2) is 36.5 Å². The van der Waals surface area contributed by atoms with Crippen LogP contribution in [0.4, 0.5) is 13.2 Å². The summed E-state index contributed by atoms with van der Waals surface area (Å²) in [6.07, 6.45) is -4.45. The Morgan fingerprint density at radius 2 is 1.83 bits per heavy atom. The first-order valence-electron chi connectivity index (χ1n) is 6.42. The first-order valence-corrected chi connectivity index (χ1v) is 6.42. The van der Waals surface area contributed by atoms with Gasteiger partial charge in [-0.2, -0.15) is 18.3 Å². The van der Waals surface area contributed by atoms with Gasteiger partial charge in [0.05, 0.1) is 11.3 Å². The Kier molecular flexibility index (Phi) is 4.39. The topological polar surface area (TPSA) is 87.2 Å². The fourth-order valence-corrected chi connectivity index (χ4v) is 1.66. The second kappa shape index (κ2) is 6.11. The van der Waals surface area contributed by atoms with Gasteiger partial charge in [0, 0.05) is 6.20 Å². The Labute approximate surface area is 128 Å². The Hall–Kier alpha value is -2.84. The highest BCUT2D eigenvalue weighted by atomic mass is 19.4. The first-order chi connectivity index (χ1) is 10.7. The summed E-state index contributed by atoms with van der Waals surface area (Å²) in [5.41, 5.74) is 4.43. The van der Waals surface area contributed by atoms with E-state index in [0.717, 1.165) is 16.9 Å². The zero-order valence-electron chi connectivity index (χ0n) is 11.9. The summed E-state index contributed by atoms with van der Waals surface area (Å²) in [5, 5.41) is 3.41. The summed E-state index contributed by atoms with van der Waals surface area (Å²) in [4.78, 5) is 22.6. The Morgan fingerprint density at radius 1 is 1.22 bits per heavy atom. The van der Waals surface area contributed by atoms with Crippen molar-refractivity contribution < 1.29 is 27.5 Å². The number of carbonyl (C=O) groups is 2. The molecule has 1 heterocycles. The predicted octanol–water partition coefficient (Wildman–Crippen LogP) is 1.92. The number of halogens is 3. The third kappa shape index (κ3) is 3.87. The van der Waals surface area contributed by atoms with Crippen molar-refractivity contribution in [3.8, 4) is 5.69 Å². The summed E-state index contributed by atoms with van der Waals surface area (Å²) in [7, 11) is 0. The highest BCUT2D eigenvalue weighted by molar-refractivity contribution is 5.92. The zero-order chi connectivity index (χ0) is 17.2. The summed E-state index contributed by atoms with van der Waals surface area (Å²) in [6.45, 7) is 1.33. The molecule has 6 nitrogen and oxygen atoms in total. The van der Waals surface area contributed by atoms with Crippen molar-refractivity contribution in [3.63, 3.8) is 0 Å². The van der Waals surface area contributed by atoms with Crippen molar-refractivity contribution in [2.24, 2.45) is 5.73 Å². The largest absolute Gasteiger partial charge is 0.449 e. The molecule has 0 aliphatic heterocycles. The number of hydrogen-bond acceptors (Lipinski definition) is 4. The number of ether oxygens (including phenoxy) is 1. The minimum absolute atomic E-state index is 0.130. The predicted molar refractivity (Wildman–Crippen MR) is 72.6 cm³/mol. The molecule has 122 valence electrons. The molecule has 2 N–H and O–H groups in total. The quantitative estimate of drug-likeness (QED) is 0.869. The third-order valence-electron chi connectivity index (χ3n) is 2.93. The van der Waals surface area contributed by atoms with Crippen LogP contribution in [0.5, 0.6) is 0 Å². The van der Waals surface area contributed by atoms with E-state index >= 15 is 0 Å². The average Bonchev–Trinajstić information content (AvgIpc) is 2.97. The monoisotopic (exact) mass is 327 g/mol. The maximum Gasteiger partial charge on any atom is 0.435 e. The van der Waals surface area contributed by atoms with Gasteiger partial charge in [-0.05, 0) is 37.3 Å². The molecule has 9 heteroatoms. The number of nitrogens with two attached hydrogens (primary N) is 1. The van der Waals surface area contributed by atoms with Crippen LogP contribution in [0.25, 0.3) is 5.69 Å². The first kappa shape index (κ1) is 16.5. The van der Waals surface area contributed by atoms with E-state index in [0.29, 0.717) is 5.69 Å². The number of esters is 1. The van der Waals surface area contributed by atoms with E-state index in [2.05, 4.69) is 5.10 Å². The van der Waals surface area contributed by atoms with Crippen LogP contribution in [-0.4, -0.2) is 27.8 Å². The van der Waals surface area contributed by atoms with E-state index in [9.17, 15) is 22.8 Å². The molecule has 0 aliphatic carbocycles. The van der Waals surface area contributed by atoms with E-state index in [4.69, 9.17) is 10.5 Å². The summed E-state index contributed by atoms with van der Waals surface area (Å²) in [6, 6.07) is 6.34. The zero-order valence-corrected chi connectivity index (χ0v) is 11.9. The highest BCUT2D eigenvalue weighted by Crippen LogP contribution is 2.27. The third-order valence-corrected chi connectivity index (χ3v) is 2.93. The average molecular weight is 327 g/mol. The van der Waals surface area contributed by atoms with Crippen molar-refractivity contribution in [1.29, 1.82) is 0 Å². The van der Waals surface area contributed by atoms with Crippen LogP contribution in [0.2, 0.25) is 0 Å². The number of primary amides is 1. The van der Waals surface area contributed by atoms with Crippen molar-refractivity contribution in [2.75, 3.05) is 0 Å². The van der Waals surface area contributed by atoms with E-state index in [1.807, 2.05) is 0 Å². The molecular weight excluding hydrogens is 315 g/mol. The van der Waals surface area contributed by atoms with Crippen molar-refractivity contribution in [2.45, 2.75) is 19.2 Å². The minimum atomic E-state index is -4.53. The molecule has 0 radical (unpaired) electrons. The second-order valence-electron chi connectivity index (χ2n) is 4.64. The lowest BCUT2D eigenvalue weighted by molar-refractivity contribution is -0.141. The maximum absolute atomic E-state index is 12.5. The molecule has 0 fully saturated rings. The van der Waals surface area contributed by atoms with Gasteiger partial charge in [-0.25, -0.2) is 9.48 Å². The molecule has 0 spiro atoms. The van der Waals surface area contributed by atoms with Gasteiger partial charge < -0.3 is 10.5 Å². The molecule has 2 rings (SSSR count). The van der Waals surface area contributed by atoms with E-state index < -0.39 is 29.9 Å². The number of nitrogens with zero attached hydrogens (tertiary/aromatic N) is 2. The summed E-state index contributed by atoms with van der Waals surface area (Å²) in [5.74, 6) is -1.55. The summed E-state index contributed by atoms with van der Waals surface area (Å²) >= 11 is 0. The molecule has 0 saturated heterocycles. The van der Waals surface area contributed by atoms with Crippen molar-refractivity contribution in [1.82, 2.24) is 9.78 Å². The Bertz CT molecular complexity index is 723. The number of carbonyl (C=O) groups excluding carboxylic acids is 2. The lowest BCUT2D eigenvalue weighted by Gasteiger charge is -2.10. The molecule has 1 aromatic heterocycles. The lowest BCUT2D eigenvalue weighted by atomic mass is 10.2. The van der Waals surface area contributed by atoms with Gasteiger partial charge in [0.1, 0.15) is 0 Å². The van der Waals surface area contributed by atoms with Crippen LogP contribution in [0.3, 0.4) is 0 Å². The van der Waals surface area contributed by atoms with Gasteiger partial charge in [-0.3, -0.25) is 4.79 Å². The van der Waals surface area contributed by atoms with Gasteiger partial charge in [0.25, 0.3) is 5.91 Å². The van der Waals surface area contributed by atoms with E-state index in [1.165, 1.54) is 31.2 Å². The lowest BCUT2D eigenvalue weighted by Crippen LogP contribution is -2.30. The van der Waals surface area contributed by atoms with Crippen molar-refractivity contribution in [3.05, 3.63) is 47.8 Å². The number of aromatic nitrogens is 2. The van der Waals surface area contributed by atoms with Gasteiger partial charge >= 0.3 is 12.1 Å². The molecule has 0 saturated carbocycles. The number of rotatable bonds is 4. The molecule has 2 aromatic rings. The van der Waals surface area contributed by atoms with Gasteiger partial charge in [-0.15, -0.1) is 0 Å². The fraction of sp³-hybridized carbons (Fsp3) is 0.214.